The van der Waals surface area contributed by atoms with E-state index >= 15 is 0 Å². The maximum Gasteiger partial charge on any atom is 0.258 e. The Hall–Kier alpha value is -4.25. The number of allylic oxidation sites excluding steroid dienone is 2. The first-order chi connectivity index (χ1) is 19.2. The molecule has 3 aromatic rings. The largest absolute Gasteiger partial charge is 0.435 e. The average molecular weight is 546 g/mol. The van der Waals surface area contributed by atoms with E-state index in [1.165, 1.54) is 6.07 Å². The fourth-order valence-corrected chi connectivity index (χ4v) is 5.83. The lowest BCUT2D eigenvalue weighted by Crippen LogP contribution is -2.43. The van der Waals surface area contributed by atoms with Crippen molar-refractivity contribution in [3.63, 3.8) is 0 Å². The van der Waals surface area contributed by atoms with Crippen LogP contribution >= 0.6 is 0 Å². The summed E-state index contributed by atoms with van der Waals surface area (Å²) in [5.41, 5.74) is 2.81. The second-order valence-electron chi connectivity index (χ2n) is 11.0. The summed E-state index contributed by atoms with van der Waals surface area (Å²) in [6.45, 7) is 5.72. The molecule has 208 valence electrons. The first kappa shape index (κ1) is 26.0. The Labute approximate surface area is 230 Å². The summed E-state index contributed by atoms with van der Waals surface area (Å²) in [7, 11) is 0. The molecule has 1 aromatic carbocycles. The molecule has 1 atom stereocenters. The van der Waals surface area contributed by atoms with Crippen molar-refractivity contribution in [3.8, 4) is 0 Å². The number of piperidine rings is 1. The zero-order chi connectivity index (χ0) is 28.0. The van der Waals surface area contributed by atoms with Gasteiger partial charge in [-0.05, 0) is 56.9 Å². The van der Waals surface area contributed by atoms with Crippen molar-refractivity contribution in [2.75, 3.05) is 19.6 Å². The van der Waals surface area contributed by atoms with E-state index in [2.05, 4.69) is 25.2 Å². The summed E-state index contributed by atoms with van der Waals surface area (Å²) >= 11 is 0. The van der Waals surface area contributed by atoms with Crippen molar-refractivity contribution < 1.29 is 18.7 Å². The van der Waals surface area contributed by atoms with Gasteiger partial charge in [0.15, 0.2) is 17.4 Å². The smallest absolute Gasteiger partial charge is 0.258 e. The molecule has 0 radical (unpaired) electrons. The molecule has 0 bridgehead atoms. The van der Waals surface area contributed by atoms with Gasteiger partial charge < -0.3 is 35.0 Å². The Bertz CT molecular complexity index is 1550. The highest BCUT2D eigenvalue weighted by Crippen LogP contribution is 2.36. The molecule has 1 amide bonds. The van der Waals surface area contributed by atoms with Gasteiger partial charge in [0.25, 0.3) is 5.91 Å². The van der Waals surface area contributed by atoms with E-state index in [0.29, 0.717) is 29.9 Å². The van der Waals surface area contributed by atoms with E-state index < -0.39 is 17.5 Å². The van der Waals surface area contributed by atoms with Crippen LogP contribution in [0.4, 0.5) is 4.39 Å². The number of aliphatic hydroxyl groups is 1. The number of nitrogens with one attached hydrogen (secondary N) is 3. The molecule has 3 aliphatic rings. The Morgan fingerprint density at radius 2 is 2.05 bits per heavy atom. The zero-order valence-electron chi connectivity index (χ0n) is 22.4. The van der Waals surface area contributed by atoms with Gasteiger partial charge >= 0.3 is 0 Å². The number of benzene rings is 1. The number of para-hydroxylation sites is 1. The number of H-pyrrole nitrogens is 1. The molecule has 4 N–H and O–H groups in total. The van der Waals surface area contributed by atoms with E-state index in [4.69, 9.17) is 9.83 Å². The average Bonchev–Trinajstić information content (AvgIpc) is 3.61. The van der Waals surface area contributed by atoms with Gasteiger partial charge in [-0.25, -0.2) is 14.4 Å². The predicted octanol–water partition coefficient (Wildman–Crippen LogP) is 3.55. The first-order valence-corrected chi connectivity index (χ1v) is 13.5. The topological polar surface area (TPSA) is 134 Å². The fraction of sp³-hybridized carbons (Fsp3) is 0.379. The van der Waals surface area contributed by atoms with Crippen LogP contribution in [0.15, 0.2) is 64.3 Å². The normalized spacial score (nSPS) is 21.2. The number of hydrogen-bond acceptors (Lipinski definition) is 8. The van der Waals surface area contributed by atoms with Crippen LogP contribution in [0.2, 0.25) is 0 Å². The van der Waals surface area contributed by atoms with Crippen LogP contribution < -0.4 is 5.32 Å². The highest BCUT2D eigenvalue weighted by Gasteiger charge is 2.39. The predicted molar refractivity (Wildman–Crippen MR) is 147 cm³/mol. The van der Waals surface area contributed by atoms with E-state index in [1.807, 2.05) is 32.2 Å². The summed E-state index contributed by atoms with van der Waals surface area (Å²) < 4.78 is 20.3. The van der Waals surface area contributed by atoms with Crippen LogP contribution in [0.5, 0.6) is 0 Å². The molecule has 1 saturated heterocycles. The number of hydrogen-bond donors (Lipinski definition) is 4. The lowest BCUT2D eigenvalue weighted by atomic mass is 9.83. The zero-order valence-corrected chi connectivity index (χ0v) is 22.4. The Balaban J connectivity index is 1.26. The molecule has 0 spiro atoms. The Morgan fingerprint density at radius 3 is 2.73 bits per heavy atom. The number of imidazole rings is 1. The minimum atomic E-state index is -0.777. The monoisotopic (exact) mass is 545 g/mol. The van der Waals surface area contributed by atoms with Gasteiger partial charge in [0.2, 0.25) is 5.89 Å². The van der Waals surface area contributed by atoms with E-state index in [-0.39, 0.29) is 28.9 Å². The number of oxazole rings is 1. The first-order valence-electron chi connectivity index (χ1n) is 13.5. The van der Waals surface area contributed by atoms with Crippen molar-refractivity contribution in [2.24, 2.45) is 5.92 Å². The number of carbonyl (C=O) groups excluding carboxylic acids is 1. The van der Waals surface area contributed by atoms with Gasteiger partial charge in [0.1, 0.15) is 5.52 Å². The quantitative estimate of drug-likeness (QED) is 0.285. The second-order valence-corrected chi connectivity index (χ2v) is 11.0. The van der Waals surface area contributed by atoms with Crippen molar-refractivity contribution >= 4 is 23.2 Å². The van der Waals surface area contributed by atoms with Crippen LogP contribution in [0.3, 0.4) is 0 Å². The van der Waals surface area contributed by atoms with Crippen LogP contribution in [0.25, 0.3) is 11.1 Å². The molecule has 0 unspecified atom stereocenters. The lowest BCUT2D eigenvalue weighted by Gasteiger charge is -2.39. The summed E-state index contributed by atoms with van der Waals surface area (Å²) in [5, 5.41) is 21.7. The number of amides is 1. The molecule has 10 nitrogen and oxygen atoms in total. The molecule has 6 rings (SSSR count). The maximum absolute atomic E-state index is 14.4. The minimum Gasteiger partial charge on any atom is -0.435 e. The van der Waals surface area contributed by atoms with Crippen molar-refractivity contribution in [1.29, 1.82) is 5.41 Å². The molecule has 0 aliphatic carbocycles. The number of halogens is 1. The second kappa shape index (κ2) is 10.1. The van der Waals surface area contributed by atoms with Crippen molar-refractivity contribution in [1.82, 2.24) is 30.1 Å². The van der Waals surface area contributed by atoms with Crippen LogP contribution in [-0.2, 0) is 11.2 Å². The molecule has 5 heterocycles. The third-order valence-electron chi connectivity index (χ3n) is 8.12. The maximum atomic E-state index is 14.4. The highest BCUT2D eigenvalue weighted by atomic mass is 19.1. The number of likely N-dealkylation sites (tertiary alicyclic amines) is 1. The number of dihydropyridines is 1. The SMILES string of the molecule is CC(C)(O)C1CCN(C2=CN/C(=C(\C=N)C(=O)N3CCc4[nH]cnc4[C@H]3c3nc4cccc(F)c4o3)C=C2)CC1. The molecule has 0 saturated carbocycles. The molecular formula is C29H32FN7O3. The van der Waals surface area contributed by atoms with Crippen LogP contribution in [0.1, 0.15) is 50.0 Å². The Kier molecular flexibility index (Phi) is 6.53. The molecule has 11 heteroatoms. The van der Waals surface area contributed by atoms with Gasteiger partial charge in [-0.15, -0.1) is 0 Å². The van der Waals surface area contributed by atoms with Gasteiger partial charge in [0.05, 0.1) is 34.6 Å². The molecule has 40 heavy (non-hydrogen) atoms. The number of aromatic amines is 1. The van der Waals surface area contributed by atoms with Crippen molar-refractivity contribution in [2.45, 2.75) is 44.8 Å². The number of carbonyl (C=O) groups is 1. The summed E-state index contributed by atoms with van der Waals surface area (Å²) in [5.74, 6) is -0.489. The minimum absolute atomic E-state index is 0.0272. The van der Waals surface area contributed by atoms with Gasteiger partial charge in [0, 0.05) is 44.2 Å². The van der Waals surface area contributed by atoms with E-state index in [9.17, 15) is 14.3 Å². The molecule has 1 fully saturated rings. The van der Waals surface area contributed by atoms with Crippen molar-refractivity contribution in [3.05, 3.63) is 82.9 Å². The Morgan fingerprint density at radius 1 is 1.25 bits per heavy atom. The highest BCUT2D eigenvalue weighted by molar-refractivity contribution is 6.12. The van der Waals surface area contributed by atoms with Gasteiger partial charge in [-0.3, -0.25) is 4.79 Å². The number of fused-ring (bicyclic) bond motifs is 2. The third-order valence-corrected chi connectivity index (χ3v) is 8.12. The summed E-state index contributed by atoms with van der Waals surface area (Å²) in [4.78, 5) is 29.8. The van der Waals surface area contributed by atoms with Crippen LogP contribution in [0, 0.1) is 17.1 Å². The molecular weight excluding hydrogens is 513 g/mol. The van der Waals surface area contributed by atoms with E-state index in [0.717, 1.165) is 43.5 Å². The third kappa shape index (κ3) is 4.60. The molecule has 2 aromatic heterocycles. The standard InChI is InChI=1S/C29H32FN7O3/c1-29(2,39)17-8-11-36(12-9-17)18-6-7-21(32-15-18)19(14-31)28(38)37-13-10-22-24(34-16-33-22)25(37)27-35-23-5-3-4-20(30)26(23)40-27/h3-7,14-17,25,31-32,39H,8-13H2,1-2H3,(H,33,34)/b21-19+,31-14?/t25-/m0/s1. The summed E-state index contributed by atoms with van der Waals surface area (Å²) in [6, 6.07) is 3.74. The number of aromatic nitrogens is 3. The summed E-state index contributed by atoms with van der Waals surface area (Å²) in [6.07, 6.45) is 10.5. The van der Waals surface area contributed by atoms with E-state index in [1.54, 1.807) is 23.4 Å². The number of rotatable bonds is 5. The molecule has 3 aliphatic heterocycles. The number of nitrogens with zero attached hydrogens (tertiary/aromatic N) is 4. The van der Waals surface area contributed by atoms with Gasteiger partial charge in [-0.1, -0.05) is 6.07 Å². The lowest BCUT2D eigenvalue weighted by molar-refractivity contribution is -0.129. The van der Waals surface area contributed by atoms with Gasteiger partial charge in [-0.2, -0.15) is 0 Å². The van der Waals surface area contributed by atoms with Crippen LogP contribution in [-0.4, -0.2) is 67.2 Å². The fourth-order valence-electron chi connectivity index (χ4n) is 5.83.